The van der Waals surface area contributed by atoms with Crippen molar-refractivity contribution in [3.05, 3.63) is 0 Å². The van der Waals surface area contributed by atoms with E-state index in [2.05, 4.69) is 15.6 Å². The number of carbonyl (C=O) groups excluding carboxylic acids is 1. The molecule has 2 N–H and O–H groups in total. The molecule has 2 unspecified atom stereocenters. The van der Waals surface area contributed by atoms with E-state index < -0.39 is 0 Å². The molecule has 0 radical (unpaired) electrons. The van der Waals surface area contributed by atoms with Crippen LogP contribution in [0.3, 0.4) is 0 Å². The average Bonchev–Trinajstić information content (AvgIpc) is 2.92. The van der Waals surface area contributed by atoms with Gasteiger partial charge in [0.05, 0.1) is 5.60 Å². The average molecular weight is 328 g/mol. The van der Waals surface area contributed by atoms with Gasteiger partial charge in [-0.15, -0.1) is 0 Å². The van der Waals surface area contributed by atoms with Crippen molar-refractivity contribution < 1.29 is 9.53 Å². The number of guanidine groups is 1. The Morgan fingerprint density at radius 1 is 1.50 bits per heavy atom. The molecule has 0 aliphatic carbocycles. The molecule has 0 saturated carbocycles. The number of rotatable bonds is 4. The van der Waals surface area contributed by atoms with Crippen molar-refractivity contribution in [2.24, 2.45) is 4.99 Å². The van der Waals surface area contributed by atoms with Gasteiger partial charge in [0.25, 0.3) is 0 Å². The second-order valence-corrected chi connectivity index (χ2v) is 7.26. The maximum absolute atomic E-state index is 11.7. The maximum atomic E-state index is 11.7. The highest BCUT2D eigenvalue weighted by atomic mass is 32.2. The fraction of sp³-hybridized carbons (Fsp3) is 0.867. The first-order valence-electron chi connectivity index (χ1n) is 8.01. The minimum atomic E-state index is 0.00726. The van der Waals surface area contributed by atoms with Crippen LogP contribution in [0.25, 0.3) is 0 Å². The Morgan fingerprint density at radius 2 is 2.32 bits per heavy atom. The van der Waals surface area contributed by atoms with Crippen LogP contribution in [0.5, 0.6) is 0 Å². The van der Waals surface area contributed by atoms with Crippen LogP contribution in [0.1, 0.15) is 26.2 Å². The molecule has 126 valence electrons. The number of nitrogens with one attached hydrogen (secondary N) is 2. The Labute approximate surface area is 137 Å². The Balaban J connectivity index is 1.92. The lowest BCUT2D eigenvalue weighted by Crippen LogP contribution is -2.51. The van der Waals surface area contributed by atoms with Crippen LogP contribution in [-0.4, -0.2) is 73.7 Å². The van der Waals surface area contributed by atoms with Crippen molar-refractivity contribution in [1.82, 2.24) is 15.5 Å². The second-order valence-electron chi connectivity index (χ2n) is 6.15. The van der Waals surface area contributed by atoms with Gasteiger partial charge in [0.2, 0.25) is 5.91 Å². The van der Waals surface area contributed by atoms with Crippen molar-refractivity contribution in [2.45, 2.75) is 37.8 Å². The number of nitrogens with zero attached hydrogens (tertiary/aromatic N) is 2. The summed E-state index contributed by atoms with van der Waals surface area (Å²) in [6.07, 6.45) is 3.15. The number of aliphatic imine (C=N–C) groups is 1. The SMILES string of the molecule is CCNC(=NCC(=O)N(C)C)NC1CCOC2(CCSC2)C1. The van der Waals surface area contributed by atoms with Gasteiger partial charge in [0, 0.05) is 39.0 Å². The van der Waals surface area contributed by atoms with E-state index in [1.165, 1.54) is 5.75 Å². The third-order valence-electron chi connectivity index (χ3n) is 4.12. The summed E-state index contributed by atoms with van der Waals surface area (Å²) in [6, 6.07) is 0.361. The van der Waals surface area contributed by atoms with Crippen molar-refractivity contribution in [3.8, 4) is 0 Å². The summed E-state index contributed by atoms with van der Waals surface area (Å²) >= 11 is 1.98. The van der Waals surface area contributed by atoms with E-state index in [9.17, 15) is 4.79 Å². The number of likely N-dealkylation sites (N-methyl/N-ethyl adjacent to an activating group) is 1. The minimum absolute atomic E-state index is 0.00726. The lowest BCUT2D eigenvalue weighted by molar-refractivity contribution is -0.127. The molecule has 1 spiro atoms. The van der Waals surface area contributed by atoms with E-state index in [0.717, 1.165) is 44.1 Å². The standard InChI is InChI=1S/C15H28N4O2S/c1-4-16-14(17-10-13(20)19(2)3)18-12-5-7-21-15(9-12)6-8-22-11-15/h12H,4-11H2,1-3H3,(H2,16,17,18). The first kappa shape index (κ1) is 17.4. The summed E-state index contributed by atoms with van der Waals surface area (Å²) < 4.78 is 6.05. The van der Waals surface area contributed by atoms with Gasteiger partial charge in [-0.3, -0.25) is 4.79 Å². The quantitative estimate of drug-likeness (QED) is 0.587. The summed E-state index contributed by atoms with van der Waals surface area (Å²) in [5.74, 6) is 3.02. The van der Waals surface area contributed by atoms with E-state index in [-0.39, 0.29) is 18.1 Å². The fourth-order valence-electron chi connectivity index (χ4n) is 2.82. The summed E-state index contributed by atoms with van der Waals surface area (Å²) in [7, 11) is 3.50. The van der Waals surface area contributed by atoms with Gasteiger partial charge >= 0.3 is 0 Å². The molecule has 0 aromatic carbocycles. The van der Waals surface area contributed by atoms with E-state index in [0.29, 0.717) is 6.04 Å². The van der Waals surface area contributed by atoms with Crippen LogP contribution in [-0.2, 0) is 9.53 Å². The smallest absolute Gasteiger partial charge is 0.243 e. The second kappa shape index (κ2) is 8.06. The highest BCUT2D eigenvalue weighted by Crippen LogP contribution is 2.38. The van der Waals surface area contributed by atoms with Crippen molar-refractivity contribution in [3.63, 3.8) is 0 Å². The zero-order valence-electron chi connectivity index (χ0n) is 13.9. The van der Waals surface area contributed by atoms with E-state index in [1.54, 1.807) is 19.0 Å². The van der Waals surface area contributed by atoms with E-state index >= 15 is 0 Å². The number of hydrogen-bond acceptors (Lipinski definition) is 4. The number of hydrogen-bond donors (Lipinski definition) is 2. The van der Waals surface area contributed by atoms with Gasteiger partial charge in [0.1, 0.15) is 6.54 Å². The third kappa shape index (κ3) is 4.78. The molecular weight excluding hydrogens is 300 g/mol. The largest absolute Gasteiger partial charge is 0.374 e. The van der Waals surface area contributed by atoms with Gasteiger partial charge in [-0.2, -0.15) is 11.8 Å². The van der Waals surface area contributed by atoms with Crippen molar-refractivity contribution >= 4 is 23.6 Å². The highest BCUT2D eigenvalue weighted by molar-refractivity contribution is 7.99. The number of ether oxygens (including phenoxy) is 1. The van der Waals surface area contributed by atoms with Gasteiger partial charge in [-0.25, -0.2) is 4.99 Å². The van der Waals surface area contributed by atoms with E-state index in [1.807, 2.05) is 18.7 Å². The van der Waals surface area contributed by atoms with Crippen molar-refractivity contribution in [2.75, 3.05) is 45.3 Å². The van der Waals surface area contributed by atoms with Crippen LogP contribution < -0.4 is 10.6 Å². The number of thioether (sulfide) groups is 1. The Bertz CT molecular complexity index is 408. The van der Waals surface area contributed by atoms with Gasteiger partial charge in [0.15, 0.2) is 5.96 Å². The molecule has 2 aliphatic heterocycles. The number of carbonyl (C=O) groups is 1. The summed E-state index contributed by atoms with van der Waals surface area (Å²) in [5.41, 5.74) is 0.0529. The first-order valence-corrected chi connectivity index (χ1v) is 9.17. The Kier molecular flexibility index (Phi) is 6.37. The monoisotopic (exact) mass is 328 g/mol. The van der Waals surface area contributed by atoms with Gasteiger partial charge in [-0.05, 0) is 31.9 Å². The molecule has 2 fully saturated rings. The predicted molar refractivity (Wildman–Crippen MR) is 91.5 cm³/mol. The molecule has 2 saturated heterocycles. The van der Waals surface area contributed by atoms with Crippen LogP contribution in [0.4, 0.5) is 0 Å². The Hall–Kier alpha value is -0.950. The van der Waals surface area contributed by atoms with Crippen molar-refractivity contribution in [1.29, 1.82) is 0 Å². The van der Waals surface area contributed by atoms with Gasteiger partial charge < -0.3 is 20.3 Å². The molecule has 0 aromatic heterocycles. The molecule has 2 atom stereocenters. The molecule has 2 rings (SSSR count). The van der Waals surface area contributed by atoms with Crippen LogP contribution in [0.15, 0.2) is 4.99 Å². The van der Waals surface area contributed by atoms with Crippen LogP contribution in [0, 0.1) is 0 Å². The summed E-state index contributed by atoms with van der Waals surface area (Å²) in [5, 5.41) is 6.71. The predicted octanol–water partition coefficient (Wildman–Crippen LogP) is 0.684. The van der Waals surface area contributed by atoms with E-state index in [4.69, 9.17) is 4.74 Å². The minimum Gasteiger partial charge on any atom is -0.374 e. The molecule has 6 nitrogen and oxygen atoms in total. The lowest BCUT2D eigenvalue weighted by atomic mass is 9.90. The molecule has 0 aromatic rings. The Morgan fingerprint density at radius 3 is 2.95 bits per heavy atom. The maximum Gasteiger partial charge on any atom is 0.243 e. The molecule has 1 amide bonds. The molecule has 22 heavy (non-hydrogen) atoms. The molecule has 0 bridgehead atoms. The summed E-state index contributed by atoms with van der Waals surface area (Å²) in [6.45, 7) is 3.79. The first-order chi connectivity index (χ1) is 10.5. The lowest BCUT2D eigenvalue weighted by Gasteiger charge is -2.38. The zero-order chi connectivity index (χ0) is 16.0. The molecule has 7 heteroatoms. The van der Waals surface area contributed by atoms with Crippen LogP contribution >= 0.6 is 11.8 Å². The van der Waals surface area contributed by atoms with Crippen LogP contribution in [0.2, 0.25) is 0 Å². The molecule has 2 aliphatic rings. The highest BCUT2D eigenvalue weighted by Gasteiger charge is 2.40. The molecular formula is C15H28N4O2S. The normalized spacial score (nSPS) is 28.7. The van der Waals surface area contributed by atoms with Gasteiger partial charge in [-0.1, -0.05) is 0 Å². The molecule has 2 heterocycles. The topological polar surface area (TPSA) is 66.0 Å². The third-order valence-corrected chi connectivity index (χ3v) is 5.34. The summed E-state index contributed by atoms with van der Waals surface area (Å²) in [4.78, 5) is 17.7. The zero-order valence-corrected chi connectivity index (χ0v) is 14.7. The number of amides is 1. The fourth-order valence-corrected chi connectivity index (χ4v) is 4.19.